The summed E-state index contributed by atoms with van der Waals surface area (Å²) in [5.41, 5.74) is 2.06. The minimum atomic E-state index is -4.62. The first-order valence-corrected chi connectivity index (χ1v) is 5.27. The van der Waals surface area contributed by atoms with Crippen LogP contribution in [0.4, 0.5) is 18.9 Å². The molecule has 3 N–H and O–H groups in total. The van der Waals surface area contributed by atoms with Crippen LogP contribution in [0.25, 0.3) is 0 Å². The summed E-state index contributed by atoms with van der Waals surface area (Å²) < 4.78 is 38.2. The zero-order valence-electron chi connectivity index (χ0n) is 9.49. The van der Waals surface area contributed by atoms with Crippen LogP contribution in [0, 0.1) is 5.41 Å². The van der Waals surface area contributed by atoms with Crippen molar-refractivity contribution < 1.29 is 22.8 Å². The van der Waals surface area contributed by atoms with E-state index in [1.165, 1.54) is 0 Å². The van der Waals surface area contributed by atoms with E-state index in [1.54, 1.807) is 0 Å². The first-order valence-electron chi connectivity index (χ1n) is 5.27. The zero-order chi connectivity index (χ0) is 14.3. The molecule has 19 heavy (non-hydrogen) atoms. The van der Waals surface area contributed by atoms with Gasteiger partial charge in [0, 0.05) is 0 Å². The number of nitrogens with two attached hydrogens (primary N) is 1. The topological polar surface area (TPSA) is 98.0 Å². The lowest BCUT2D eigenvalue weighted by Crippen LogP contribution is -2.37. The molecule has 2 rings (SSSR count). The van der Waals surface area contributed by atoms with Gasteiger partial charge in [-0.25, -0.2) is 0 Å². The lowest BCUT2D eigenvalue weighted by atomic mass is 10.1. The van der Waals surface area contributed by atoms with Gasteiger partial charge in [-0.05, 0) is 18.9 Å². The number of primary amides is 1. The summed E-state index contributed by atoms with van der Waals surface area (Å²) in [6, 6.07) is 1.16. The van der Waals surface area contributed by atoms with E-state index in [-0.39, 0.29) is 24.2 Å². The predicted octanol–water partition coefficient (Wildman–Crippen LogP) is 0.856. The van der Waals surface area contributed by atoms with Crippen molar-refractivity contribution in [3.8, 4) is 0 Å². The molecule has 0 atom stereocenters. The fourth-order valence-corrected chi connectivity index (χ4v) is 1.62. The molecular formula is C10H9F3N4O2. The van der Waals surface area contributed by atoms with Crippen molar-refractivity contribution in [1.29, 1.82) is 0 Å². The van der Waals surface area contributed by atoms with Gasteiger partial charge < -0.3 is 11.1 Å². The first-order chi connectivity index (χ1) is 8.78. The van der Waals surface area contributed by atoms with Gasteiger partial charge in [-0.15, -0.1) is 5.10 Å². The molecule has 9 heteroatoms. The number of hydrogen-bond acceptors (Lipinski definition) is 4. The van der Waals surface area contributed by atoms with Crippen LogP contribution in [0.15, 0.2) is 12.3 Å². The molecule has 1 fully saturated rings. The Morgan fingerprint density at radius 2 is 2.00 bits per heavy atom. The number of halogens is 3. The van der Waals surface area contributed by atoms with Crippen molar-refractivity contribution in [2.75, 3.05) is 5.32 Å². The summed E-state index contributed by atoms with van der Waals surface area (Å²) in [6.45, 7) is 0. The van der Waals surface area contributed by atoms with Crippen molar-refractivity contribution in [1.82, 2.24) is 10.2 Å². The molecule has 1 aromatic heterocycles. The Kier molecular flexibility index (Phi) is 2.91. The summed E-state index contributed by atoms with van der Waals surface area (Å²) in [5, 5.41) is 8.79. The molecule has 1 aliphatic carbocycles. The van der Waals surface area contributed by atoms with Crippen LogP contribution >= 0.6 is 0 Å². The first kappa shape index (κ1) is 13.2. The minimum Gasteiger partial charge on any atom is -0.364 e. The predicted molar refractivity (Wildman–Crippen MR) is 56.9 cm³/mol. The van der Waals surface area contributed by atoms with E-state index >= 15 is 0 Å². The molecule has 102 valence electrons. The van der Waals surface area contributed by atoms with Crippen LogP contribution in [0.1, 0.15) is 23.3 Å². The Bertz CT molecular complexity index is 540. The van der Waals surface area contributed by atoms with Crippen LogP contribution < -0.4 is 11.1 Å². The minimum absolute atomic E-state index is 0.178. The van der Waals surface area contributed by atoms with Crippen LogP contribution in [0.5, 0.6) is 0 Å². The van der Waals surface area contributed by atoms with E-state index in [0.717, 1.165) is 12.3 Å². The maximum atomic E-state index is 12.7. The maximum Gasteiger partial charge on any atom is 0.403 e. The third-order valence-electron chi connectivity index (χ3n) is 2.93. The number of hydrogen-bond donors (Lipinski definition) is 2. The molecule has 1 aliphatic rings. The van der Waals surface area contributed by atoms with Gasteiger partial charge in [0.1, 0.15) is 5.41 Å². The zero-order valence-corrected chi connectivity index (χ0v) is 9.49. The van der Waals surface area contributed by atoms with Crippen molar-refractivity contribution in [2.45, 2.75) is 19.0 Å². The number of carbonyl (C=O) groups excluding carboxylic acids is 2. The number of carbonyl (C=O) groups is 2. The monoisotopic (exact) mass is 274 g/mol. The highest BCUT2D eigenvalue weighted by Crippen LogP contribution is 2.58. The fraction of sp³-hybridized carbons (Fsp3) is 0.400. The second-order valence-corrected chi connectivity index (χ2v) is 4.19. The summed E-state index contributed by atoms with van der Waals surface area (Å²) in [4.78, 5) is 22.7. The SMILES string of the molecule is NC(=O)c1nnccc1NC(=O)C1(C(F)(F)F)CC1. The largest absolute Gasteiger partial charge is 0.403 e. The second-order valence-electron chi connectivity index (χ2n) is 4.19. The van der Waals surface area contributed by atoms with E-state index in [2.05, 4.69) is 10.2 Å². The second kappa shape index (κ2) is 4.18. The van der Waals surface area contributed by atoms with Crippen molar-refractivity contribution in [2.24, 2.45) is 11.1 Å². The Hall–Kier alpha value is -2.19. The maximum absolute atomic E-state index is 12.7. The fourth-order valence-electron chi connectivity index (χ4n) is 1.62. The van der Waals surface area contributed by atoms with E-state index in [0.29, 0.717) is 0 Å². The van der Waals surface area contributed by atoms with Crippen molar-refractivity contribution in [3.63, 3.8) is 0 Å². The number of amides is 2. The highest BCUT2D eigenvalue weighted by molar-refractivity contribution is 6.03. The van der Waals surface area contributed by atoms with Crippen molar-refractivity contribution in [3.05, 3.63) is 18.0 Å². The van der Waals surface area contributed by atoms with Crippen LogP contribution in [-0.2, 0) is 4.79 Å². The van der Waals surface area contributed by atoms with Crippen molar-refractivity contribution >= 4 is 17.5 Å². The van der Waals surface area contributed by atoms with E-state index < -0.39 is 23.4 Å². The third kappa shape index (κ3) is 2.23. The molecule has 1 heterocycles. The molecule has 1 saturated carbocycles. The van der Waals surface area contributed by atoms with Crippen LogP contribution in [-0.4, -0.2) is 28.2 Å². The standard InChI is InChI=1S/C10H9F3N4O2/c11-10(12,13)9(2-3-9)8(19)16-5-1-4-15-17-6(5)7(14)18/h1,4H,2-3H2,(H2,14,18)(H,15,16,19). The Morgan fingerprint density at radius 1 is 1.37 bits per heavy atom. The number of nitrogens with one attached hydrogen (secondary N) is 1. The molecule has 0 saturated heterocycles. The molecule has 0 radical (unpaired) electrons. The van der Waals surface area contributed by atoms with Gasteiger partial charge in [0.05, 0.1) is 11.9 Å². The molecule has 2 amide bonds. The van der Waals surface area contributed by atoms with Gasteiger partial charge in [0.15, 0.2) is 5.69 Å². The normalized spacial score (nSPS) is 16.8. The molecule has 0 bridgehead atoms. The number of aromatic nitrogens is 2. The Labute approximate surface area is 105 Å². The Morgan fingerprint density at radius 3 is 2.47 bits per heavy atom. The molecule has 6 nitrogen and oxygen atoms in total. The molecule has 0 aromatic carbocycles. The quantitative estimate of drug-likeness (QED) is 0.853. The lowest BCUT2D eigenvalue weighted by Gasteiger charge is -2.18. The van der Waals surface area contributed by atoms with E-state index in [9.17, 15) is 22.8 Å². The molecular weight excluding hydrogens is 265 g/mol. The highest BCUT2D eigenvalue weighted by atomic mass is 19.4. The van der Waals surface area contributed by atoms with Gasteiger partial charge in [-0.2, -0.15) is 18.3 Å². The molecule has 0 aliphatic heterocycles. The molecule has 0 spiro atoms. The van der Waals surface area contributed by atoms with Gasteiger partial charge in [-0.3, -0.25) is 9.59 Å². The molecule has 0 unspecified atom stereocenters. The van der Waals surface area contributed by atoms with Gasteiger partial charge >= 0.3 is 6.18 Å². The average molecular weight is 274 g/mol. The van der Waals surface area contributed by atoms with Gasteiger partial charge in [-0.1, -0.05) is 0 Å². The smallest absolute Gasteiger partial charge is 0.364 e. The number of rotatable bonds is 3. The van der Waals surface area contributed by atoms with Crippen LogP contribution in [0.2, 0.25) is 0 Å². The number of alkyl halides is 3. The number of anilines is 1. The van der Waals surface area contributed by atoms with E-state index in [4.69, 9.17) is 5.73 Å². The van der Waals surface area contributed by atoms with Crippen LogP contribution in [0.3, 0.4) is 0 Å². The third-order valence-corrected chi connectivity index (χ3v) is 2.93. The summed E-state index contributed by atoms with van der Waals surface area (Å²) in [6.07, 6.45) is -4.03. The van der Waals surface area contributed by atoms with Gasteiger partial charge in [0.25, 0.3) is 5.91 Å². The summed E-state index contributed by atoms with van der Waals surface area (Å²) in [7, 11) is 0. The lowest BCUT2D eigenvalue weighted by molar-refractivity contribution is -0.189. The highest BCUT2D eigenvalue weighted by Gasteiger charge is 2.68. The summed E-state index contributed by atoms with van der Waals surface area (Å²) in [5.74, 6) is -2.20. The van der Waals surface area contributed by atoms with Gasteiger partial charge in [0.2, 0.25) is 5.91 Å². The summed E-state index contributed by atoms with van der Waals surface area (Å²) >= 11 is 0. The van der Waals surface area contributed by atoms with E-state index in [1.807, 2.05) is 5.32 Å². The average Bonchev–Trinajstić information content (AvgIpc) is 3.09. The molecule has 1 aromatic rings. The Balaban J connectivity index is 2.24. The number of nitrogens with zero attached hydrogens (tertiary/aromatic N) is 2.